The molecule has 2 aromatic carbocycles. The molecule has 2 rings (SSSR count). The number of hydrogen-bond donors (Lipinski definition) is 1. The SMILES string of the molecule is CN(C)c1ccc(C(=O)c2ccc(N(C)C)c(S(=O)(=O)O)c2)cc1S(=O)[O-]. The molecule has 0 radical (unpaired) electrons. The maximum atomic E-state index is 12.8. The average Bonchev–Trinajstić information content (AvgIpc) is 2.59. The highest BCUT2D eigenvalue weighted by Crippen LogP contribution is 2.28. The van der Waals surface area contributed by atoms with Gasteiger partial charge in [-0.05, 0) is 47.5 Å². The molecule has 146 valence electrons. The van der Waals surface area contributed by atoms with E-state index < -0.39 is 31.9 Å². The predicted octanol–water partition coefficient (Wildman–Crippen LogP) is 1.53. The van der Waals surface area contributed by atoms with Gasteiger partial charge in [0.15, 0.2) is 5.78 Å². The Bertz CT molecular complexity index is 1020. The lowest BCUT2D eigenvalue weighted by molar-refractivity contribution is 0.103. The van der Waals surface area contributed by atoms with Crippen molar-refractivity contribution in [2.24, 2.45) is 0 Å². The van der Waals surface area contributed by atoms with Crippen LogP contribution in [0.3, 0.4) is 0 Å². The van der Waals surface area contributed by atoms with Crippen LogP contribution in [0, 0.1) is 0 Å². The molecule has 0 bridgehead atoms. The molecule has 0 aliphatic rings. The second kappa shape index (κ2) is 7.77. The monoisotopic (exact) mass is 411 g/mol. The molecule has 10 heteroatoms. The zero-order valence-electron chi connectivity index (χ0n) is 15.2. The molecule has 0 heterocycles. The van der Waals surface area contributed by atoms with E-state index in [2.05, 4.69) is 0 Å². The van der Waals surface area contributed by atoms with Gasteiger partial charge in [0.25, 0.3) is 10.1 Å². The number of nitrogens with zero attached hydrogens (tertiary/aromatic N) is 2. The Labute approximate surface area is 160 Å². The maximum absolute atomic E-state index is 12.8. The number of carbonyl (C=O) groups excluding carboxylic acids is 1. The fraction of sp³-hybridized carbons (Fsp3) is 0.235. The summed E-state index contributed by atoms with van der Waals surface area (Å²) in [5.41, 5.74) is 0.729. The van der Waals surface area contributed by atoms with Crippen molar-refractivity contribution in [2.75, 3.05) is 38.0 Å². The van der Waals surface area contributed by atoms with Crippen LogP contribution < -0.4 is 9.80 Å². The molecular formula is C17H19N2O6S2-. The van der Waals surface area contributed by atoms with E-state index in [9.17, 15) is 26.5 Å². The summed E-state index contributed by atoms with van der Waals surface area (Å²) in [5.74, 6) is -0.567. The minimum absolute atomic E-state index is 0.00783. The highest BCUT2D eigenvalue weighted by Gasteiger charge is 2.21. The van der Waals surface area contributed by atoms with Gasteiger partial charge in [0.2, 0.25) is 0 Å². The van der Waals surface area contributed by atoms with Gasteiger partial charge >= 0.3 is 0 Å². The van der Waals surface area contributed by atoms with Crippen LogP contribution in [0.5, 0.6) is 0 Å². The number of carbonyl (C=O) groups is 1. The standard InChI is InChI=1S/C17H20N2O6S2/c1-18(2)13-7-5-11(9-15(13)26(21)22)17(20)12-6-8-14(19(3)4)16(10-12)27(23,24)25/h5-10H,1-4H3,(H,21,22)(H,23,24,25)/p-1. The van der Waals surface area contributed by atoms with Crippen LogP contribution in [-0.2, 0) is 21.2 Å². The van der Waals surface area contributed by atoms with Gasteiger partial charge in [-0.1, -0.05) is 0 Å². The van der Waals surface area contributed by atoms with Crippen LogP contribution >= 0.6 is 0 Å². The number of ketones is 1. The van der Waals surface area contributed by atoms with Crippen molar-refractivity contribution in [1.82, 2.24) is 0 Å². The Kier molecular flexibility index (Phi) is 6.05. The van der Waals surface area contributed by atoms with Crippen LogP contribution in [0.1, 0.15) is 15.9 Å². The second-order valence-electron chi connectivity index (χ2n) is 6.19. The van der Waals surface area contributed by atoms with Gasteiger partial charge in [0, 0.05) is 44.2 Å². The average molecular weight is 411 g/mol. The van der Waals surface area contributed by atoms with Crippen LogP contribution in [0.25, 0.3) is 0 Å². The third-order valence-electron chi connectivity index (χ3n) is 3.87. The molecule has 0 amide bonds. The smallest absolute Gasteiger partial charge is 0.296 e. The molecule has 0 spiro atoms. The quantitative estimate of drug-likeness (QED) is 0.432. The number of benzene rings is 2. The van der Waals surface area contributed by atoms with E-state index in [0.717, 1.165) is 6.07 Å². The summed E-state index contributed by atoms with van der Waals surface area (Å²) in [6.07, 6.45) is 0. The Hall–Kier alpha value is -2.27. The number of rotatable bonds is 6. The third-order valence-corrected chi connectivity index (χ3v) is 5.43. The summed E-state index contributed by atoms with van der Waals surface area (Å²) >= 11 is -2.56. The minimum Gasteiger partial charge on any atom is -0.768 e. The summed E-state index contributed by atoms with van der Waals surface area (Å²) in [5, 5.41) is 0. The highest BCUT2D eigenvalue weighted by molar-refractivity contribution is 7.86. The first kappa shape index (κ1) is 21.0. The molecule has 1 atom stereocenters. The summed E-state index contributed by atoms with van der Waals surface area (Å²) in [6.45, 7) is 0. The van der Waals surface area contributed by atoms with E-state index in [4.69, 9.17) is 0 Å². The Morgan fingerprint density at radius 3 is 1.89 bits per heavy atom. The van der Waals surface area contributed by atoms with E-state index >= 15 is 0 Å². The van der Waals surface area contributed by atoms with Crippen LogP contribution in [0.4, 0.5) is 11.4 Å². The summed E-state index contributed by atoms with van der Waals surface area (Å²) in [6, 6.07) is 8.07. The van der Waals surface area contributed by atoms with E-state index in [1.54, 1.807) is 33.1 Å². The van der Waals surface area contributed by atoms with Crippen molar-refractivity contribution >= 4 is 38.4 Å². The Morgan fingerprint density at radius 1 is 0.963 bits per heavy atom. The number of hydrogen-bond acceptors (Lipinski definition) is 7. The molecule has 2 aromatic rings. The van der Waals surface area contributed by atoms with Crippen molar-refractivity contribution in [1.29, 1.82) is 0 Å². The van der Waals surface area contributed by atoms with Crippen molar-refractivity contribution < 1.29 is 26.5 Å². The van der Waals surface area contributed by atoms with E-state index in [0.29, 0.717) is 5.69 Å². The van der Waals surface area contributed by atoms with Crippen LogP contribution in [0.2, 0.25) is 0 Å². The van der Waals surface area contributed by atoms with Crippen molar-refractivity contribution in [3.8, 4) is 0 Å². The van der Waals surface area contributed by atoms with Crippen molar-refractivity contribution in [2.45, 2.75) is 9.79 Å². The molecule has 0 aromatic heterocycles. The normalized spacial score (nSPS) is 12.5. The minimum atomic E-state index is -4.56. The molecular weight excluding hydrogens is 392 g/mol. The molecule has 1 unspecified atom stereocenters. The first-order chi connectivity index (χ1) is 12.4. The van der Waals surface area contributed by atoms with Crippen LogP contribution in [-0.4, -0.2) is 55.7 Å². The molecule has 0 aliphatic carbocycles. The molecule has 0 saturated carbocycles. The lowest BCUT2D eigenvalue weighted by Gasteiger charge is -2.20. The summed E-state index contributed by atoms with van der Waals surface area (Å²) < 4.78 is 55.8. The maximum Gasteiger partial charge on any atom is 0.296 e. The van der Waals surface area contributed by atoms with Gasteiger partial charge in [-0.3, -0.25) is 13.6 Å². The molecule has 0 aliphatic heterocycles. The molecule has 1 N–H and O–H groups in total. The zero-order valence-corrected chi connectivity index (χ0v) is 16.8. The highest BCUT2D eigenvalue weighted by atomic mass is 32.2. The predicted molar refractivity (Wildman–Crippen MR) is 102 cm³/mol. The first-order valence-corrected chi connectivity index (χ1v) is 10.2. The van der Waals surface area contributed by atoms with Gasteiger partial charge in [0.05, 0.1) is 11.4 Å². The van der Waals surface area contributed by atoms with Crippen molar-refractivity contribution in [3.63, 3.8) is 0 Å². The summed E-state index contributed by atoms with van der Waals surface area (Å²) in [7, 11) is 1.99. The lowest BCUT2D eigenvalue weighted by atomic mass is 10.0. The third kappa shape index (κ3) is 4.53. The van der Waals surface area contributed by atoms with Gasteiger partial charge in [0.1, 0.15) is 4.90 Å². The zero-order chi connectivity index (χ0) is 20.5. The van der Waals surface area contributed by atoms with Gasteiger partial charge in [-0.2, -0.15) is 8.42 Å². The lowest BCUT2D eigenvalue weighted by Crippen LogP contribution is -2.15. The first-order valence-electron chi connectivity index (χ1n) is 7.67. The van der Waals surface area contributed by atoms with E-state index in [-0.39, 0.29) is 21.7 Å². The van der Waals surface area contributed by atoms with Gasteiger partial charge in [-0.15, -0.1) is 0 Å². The molecule has 8 nitrogen and oxygen atoms in total. The fourth-order valence-electron chi connectivity index (χ4n) is 2.56. The topological polar surface area (TPSA) is 118 Å². The fourth-order valence-corrected chi connectivity index (χ4v) is 3.99. The van der Waals surface area contributed by atoms with Crippen molar-refractivity contribution in [3.05, 3.63) is 47.5 Å². The van der Waals surface area contributed by atoms with Gasteiger partial charge in [-0.25, -0.2) is 0 Å². The molecule has 0 fully saturated rings. The van der Waals surface area contributed by atoms with E-state index in [1.807, 2.05) is 0 Å². The Balaban J connectivity index is 2.59. The largest absolute Gasteiger partial charge is 0.768 e. The van der Waals surface area contributed by atoms with E-state index in [1.165, 1.54) is 35.2 Å². The summed E-state index contributed by atoms with van der Waals surface area (Å²) in [4.78, 5) is 15.4. The Morgan fingerprint density at radius 2 is 1.44 bits per heavy atom. The van der Waals surface area contributed by atoms with Gasteiger partial charge < -0.3 is 14.4 Å². The van der Waals surface area contributed by atoms with Crippen LogP contribution in [0.15, 0.2) is 46.2 Å². The second-order valence-corrected chi connectivity index (χ2v) is 8.49. The number of anilines is 2. The molecule has 0 saturated heterocycles. The molecule has 27 heavy (non-hydrogen) atoms.